The van der Waals surface area contributed by atoms with Gasteiger partial charge in [-0.1, -0.05) is 0 Å². The van der Waals surface area contributed by atoms with Crippen molar-refractivity contribution in [2.45, 2.75) is 46.0 Å². The molecule has 1 saturated carbocycles. The normalized spacial score (nSPS) is 23.1. The fourth-order valence-electron chi connectivity index (χ4n) is 3.08. The van der Waals surface area contributed by atoms with Crippen LogP contribution in [0.2, 0.25) is 0 Å². The molecular formula is C19H24F2Se. The van der Waals surface area contributed by atoms with Crippen LogP contribution in [0.25, 0.3) is 5.57 Å². The molecule has 1 aromatic rings. The molecule has 0 amide bonds. The van der Waals surface area contributed by atoms with Gasteiger partial charge in [0.1, 0.15) is 0 Å². The summed E-state index contributed by atoms with van der Waals surface area (Å²) in [7, 11) is 0. The van der Waals surface area contributed by atoms with Crippen LogP contribution in [0.3, 0.4) is 0 Å². The minimum absolute atomic E-state index is 0.0647. The van der Waals surface area contributed by atoms with E-state index in [1.54, 1.807) is 0 Å². The predicted octanol–water partition coefficient (Wildman–Crippen LogP) is 5.99. The van der Waals surface area contributed by atoms with Crippen LogP contribution in [0, 0.1) is 18.8 Å². The maximum atomic E-state index is 14.5. The van der Waals surface area contributed by atoms with Crippen molar-refractivity contribution in [1.82, 2.24) is 0 Å². The van der Waals surface area contributed by atoms with E-state index in [2.05, 4.69) is 20.1 Å². The molecule has 2 rings (SSSR count). The van der Waals surface area contributed by atoms with Gasteiger partial charge in [-0.25, -0.2) is 0 Å². The summed E-state index contributed by atoms with van der Waals surface area (Å²) >= 11 is 0.0647. The molecule has 1 heterocycles. The van der Waals surface area contributed by atoms with Crippen LogP contribution in [-0.2, 0) is 0 Å². The summed E-state index contributed by atoms with van der Waals surface area (Å²) in [4.78, 5) is 0. The zero-order valence-electron chi connectivity index (χ0n) is 13.4. The zero-order chi connectivity index (χ0) is 16.3. The average Bonchev–Trinajstić information content (AvgIpc) is 2.98. The Balaban J connectivity index is 2.09. The molecule has 0 unspecified atom stereocenters. The first-order valence-corrected chi connectivity index (χ1v) is 9.65. The van der Waals surface area contributed by atoms with Crippen LogP contribution in [0.1, 0.15) is 47.9 Å². The first kappa shape index (κ1) is 17.4. The third-order valence-electron chi connectivity index (χ3n) is 4.69. The Bertz CT molecular complexity index is 586. The van der Waals surface area contributed by atoms with E-state index in [1.807, 2.05) is 19.1 Å². The summed E-state index contributed by atoms with van der Waals surface area (Å²) in [6, 6.07) is 3.80. The molecule has 1 aliphatic rings. The fraction of sp³-hybridized carbons (Fsp3) is 0.474. The SMILES string of the molecule is C=C(/C(F)=C(/F)C(=C)C1CCC(CC)CC1)c1ccc(C)[se]1. The molecule has 1 aliphatic carbocycles. The number of halogens is 2. The molecule has 0 bridgehead atoms. The second-order valence-electron chi connectivity index (χ2n) is 6.17. The van der Waals surface area contributed by atoms with Gasteiger partial charge in [-0.05, 0) is 0 Å². The van der Waals surface area contributed by atoms with Gasteiger partial charge in [-0.3, -0.25) is 0 Å². The maximum absolute atomic E-state index is 14.5. The molecule has 120 valence electrons. The Labute approximate surface area is 138 Å². The molecule has 0 saturated heterocycles. The third kappa shape index (κ3) is 3.88. The van der Waals surface area contributed by atoms with Crippen LogP contribution in [-0.4, -0.2) is 14.5 Å². The van der Waals surface area contributed by atoms with Crippen LogP contribution >= 0.6 is 0 Å². The van der Waals surface area contributed by atoms with E-state index in [-0.39, 0.29) is 26.0 Å². The van der Waals surface area contributed by atoms with Crippen molar-refractivity contribution < 1.29 is 8.78 Å². The number of hydrogen-bond acceptors (Lipinski definition) is 0. The van der Waals surface area contributed by atoms with Crippen molar-refractivity contribution in [2.75, 3.05) is 0 Å². The van der Waals surface area contributed by atoms with Gasteiger partial charge in [0.05, 0.1) is 0 Å². The fourth-order valence-corrected chi connectivity index (χ4v) is 4.82. The van der Waals surface area contributed by atoms with E-state index in [0.29, 0.717) is 5.57 Å². The molecule has 0 nitrogen and oxygen atoms in total. The van der Waals surface area contributed by atoms with Gasteiger partial charge in [-0.15, -0.1) is 0 Å². The molecule has 22 heavy (non-hydrogen) atoms. The van der Waals surface area contributed by atoms with Gasteiger partial charge in [0.2, 0.25) is 0 Å². The molecule has 0 atom stereocenters. The van der Waals surface area contributed by atoms with Crippen LogP contribution in [0.5, 0.6) is 0 Å². The van der Waals surface area contributed by atoms with Gasteiger partial charge in [0, 0.05) is 0 Å². The van der Waals surface area contributed by atoms with E-state index >= 15 is 0 Å². The van der Waals surface area contributed by atoms with E-state index < -0.39 is 11.7 Å². The molecule has 0 spiro atoms. The predicted molar refractivity (Wildman–Crippen MR) is 91.3 cm³/mol. The van der Waals surface area contributed by atoms with Crippen molar-refractivity contribution in [3.63, 3.8) is 0 Å². The van der Waals surface area contributed by atoms with Gasteiger partial charge >= 0.3 is 138 Å². The van der Waals surface area contributed by atoms with Crippen LogP contribution in [0.15, 0.2) is 42.5 Å². The van der Waals surface area contributed by atoms with Gasteiger partial charge in [0.25, 0.3) is 0 Å². The average molecular weight is 369 g/mol. The van der Waals surface area contributed by atoms with E-state index in [4.69, 9.17) is 0 Å². The second-order valence-corrected chi connectivity index (χ2v) is 8.87. The number of hydrogen-bond donors (Lipinski definition) is 0. The third-order valence-corrected chi connectivity index (χ3v) is 6.92. The molecule has 1 fully saturated rings. The Kier molecular flexibility index (Phi) is 6.00. The Morgan fingerprint density at radius 2 is 1.77 bits per heavy atom. The minimum atomic E-state index is -0.821. The Morgan fingerprint density at radius 1 is 1.14 bits per heavy atom. The monoisotopic (exact) mass is 370 g/mol. The molecule has 3 heteroatoms. The molecular weight excluding hydrogens is 345 g/mol. The van der Waals surface area contributed by atoms with E-state index in [0.717, 1.165) is 36.0 Å². The molecule has 0 aliphatic heterocycles. The van der Waals surface area contributed by atoms with Crippen molar-refractivity contribution >= 4 is 20.1 Å². The Hall–Kier alpha value is -0.921. The summed E-state index contributed by atoms with van der Waals surface area (Å²) in [5.41, 5.74) is 0.512. The summed E-state index contributed by atoms with van der Waals surface area (Å²) in [5.74, 6) is -0.800. The molecule has 0 radical (unpaired) electrons. The number of allylic oxidation sites excluding steroid dienone is 4. The van der Waals surface area contributed by atoms with Crippen LogP contribution in [0.4, 0.5) is 8.78 Å². The van der Waals surface area contributed by atoms with Gasteiger partial charge in [-0.2, -0.15) is 0 Å². The molecule has 1 aromatic heterocycles. The van der Waals surface area contributed by atoms with Crippen molar-refractivity contribution in [3.8, 4) is 0 Å². The molecule has 0 aromatic carbocycles. The molecule has 0 N–H and O–H groups in total. The topological polar surface area (TPSA) is 0 Å². The van der Waals surface area contributed by atoms with E-state index in [1.165, 1.54) is 10.9 Å². The van der Waals surface area contributed by atoms with Crippen molar-refractivity contribution in [2.24, 2.45) is 11.8 Å². The first-order valence-electron chi connectivity index (χ1n) is 7.94. The van der Waals surface area contributed by atoms with Crippen molar-refractivity contribution in [3.05, 3.63) is 51.4 Å². The van der Waals surface area contributed by atoms with E-state index in [9.17, 15) is 8.78 Å². The standard InChI is InChI=1S/C19H24F2Se/c1-5-15-7-9-16(10-8-15)13(3)18(20)19(21)14(4)17-11-6-12(2)22-17/h6,11,15-16H,3-5,7-10H2,1-2H3/b19-18-. The number of rotatable bonds is 5. The zero-order valence-corrected chi connectivity index (χ0v) is 15.1. The quantitative estimate of drug-likeness (QED) is 0.442. The van der Waals surface area contributed by atoms with Gasteiger partial charge < -0.3 is 0 Å². The first-order chi connectivity index (χ1) is 10.4. The summed E-state index contributed by atoms with van der Waals surface area (Å²) < 4.78 is 30.9. The second kappa shape index (κ2) is 7.57. The van der Waals surface area contributed by atoms with Crippen molar-refractivity contribution in [1.29, 1.82) is 0 Å². The summed E-state index contributed by atoms with van der Waals surface area (Å²) in [6.07, 6.45) is 5.18. The Morgan fingerprint density at radius 3 is 2.27 bits per heavy atom. The number of aryl methyl sites for hydroxylation is 1. The van der Waals surface area contributed by atoms with Crippen LogP contribution < -0.4 is 0 Å². The summed E-state index contributed by atoms with van der Waals surface area (Å²) in [5, 5.41) is 0. The summed E-state index contributed by atoms with van der Waals surface area (Å²) in [6.45, 7) is 11.8. The van der Waals surface area contributed by atoms with Gasteiger partial charge in [0.15, 0.2) is 0 Å².